The molecule has 1 aliphatic rings. The molecule has 1 nitrogen and oxygen atoms in total. The van der Waals surface area contributed by atoms with Crippen LogP contribution in [0.3, 0.4) is 0 Å². The quantitative estimate of drug-likeness (QED) is 0.842. The van der Waals surface area contributed by atoms with Gasteiger partial charge in [0.2, 0.25) is 0 Å². The summed E-state index contributed by atoms with van der Waals surface area (Å²) in [5.41, 5.74) is 0.747. The highest BCUT2D eigenvalue weighted by atomic mass is 19.1. The van der Waals surface area contributed by atoms with E-state index in [4.69, 9.17) is 0 Å². The maximum Gasteiger partial charge on any atom is 0.126 e. The second-order valence-electron chi connectivity index (χ2n) is 4.78. The Labute approximate surface area is 101 Å². The molecule has 1 unspecified atom stereocenters. The molecule has 94 valence electrons. The monoisotopic (exact) mass is 239 g/mol. The third kappa shape index (κ3) is 3.03. The molecule has 0 spiro atoms. The van der Waals surface area contributed by atoms with E-state index >= 15 is 0 Å². The van der Waals surface area contributed by atoms with Crippen LogP contribution in [0.15, 0.2) is 18.2 Å². The van der Waals surface area contributed by atoms with Crippen molar-refractivity contribution >= 4 is 0 Å². The zero-order valence-corrected chi connectivity index (χ0v) is 10.2. The molecular weight excluding hydrogens is 220 g/mol. The molecule has 0 saturated heterocycles. The first-order valence-corrected chi connectivity index (χ1v) is 6.40. The second-order valence-corrected chi connectivity index (χ2v) is 4.78. The van der Waals surface area contributed by atoms with Crippen molar-refractivity contribution in [3.8, 4) is 0 Å². The van der Waals surface area contributed by atoms with Gasteiger partial charge in [-0.3, -0.25) is 0 Å². The predicted molar refractivity (Wildman–Crippen MR) is 64.7 cm³/mol. The van der Waals surface area contributed by atoms with Gasteiger partial charge in [-0.1, -0.05) is 19.8 Å². The van der Waals surface area contributed by atoms with Crippen molar-refractivity contribution in [3.05, 3.63) is 35.4 Å². The van der Waals surface area contributed by atoms with Gasteiger partial charge >= 0.3 is 0 Å². The molecule has 1 atom stereocenters. The molecule has 0 bridgehead atoms. The van der Waals surface area contributed by atoms with E-state index in [0.717, 1.165) is 31.0 Å². The van der Waals surface area contributed by atoms with Crippen molar-refractivity contribution in [2.45, 2.75) is 38.6 Å². The molecule has 0 heterocycles. The number of hydrogen-bond acceptors (Lipinski definition) is 1. The summed E-state index contributed by atoms with van der Waals surface area (Å²) < 4.78 is 26.5. The SMILES string of the molecule is CCNC(c1cc(F)cc(F)c1)C1CCCC1. The van der Waals surface area contributed by atoms with E-state index in [-0.39, 0.29) is 6.04 Å². The van der Waals surface area contributed by atoms with E-state index in [2.05, 4.69) is 5.32 Å². The molecule has 1 aliphatic carbocycles. The summed E-state index contributed by atoms with van der Waals surface area (Å²) in [6.45, 7) is 2.84. The smallest absolute Gasteiger partial charge is 0.126 e. The molecule has 1 aromatic carbocycles. The maximum atomic E-state index is 13.2. The Kier molecular flexibility index (Phi) is 4.11. The van der Waals surface area contributed by atoms with Crippen molar-refractivity contribution < 1.29 is 8.78 Å². The highest BCUT2D eigenvalue weighted by Crippen LogP contribution is 2.36. The van der Waals surface area contributed by atoms with Gasteiger partial charge in [0, 0.05) is 12.1 Å². The van der Waals surface area contributed by atoms with Crippen molar-refractivity contribution in [3.63, 3.8) is 0 Å². The van der Waals surface area contributed by atoms with Crippen LogP contribution in [0.2, 0.25) is 0 Å². The molecule has 0 aliphatic heterocycles. The minimum atomic E-state index is -0.485. The van der Waals surface area contributed by atoms with Gasteiger partial charge in [0.1, 0.15) is 11.6 Å². The summed E-state index contributed by atoms with van der Waals surface area (Å²) in [6.07, 6.45) is 4.75. The topological polar surface area (TPSA) is 12.0 Å². The van der Waals surface area contributed by atoms with Crippen LogP contribution in [0.25, 0.3) is 0 Å². The third-order valence-electron chi connectivity index (χ3n) is 3.54. The average molecular weight is 239 g/mol. The van der Waals surface area contributed by atoms with E-state index in [1.807, 2.05) is 6.92 Å². The van der Waals surface area contributed by atoms with Crippen LogP contribution in [0.1, 0.15) is 44.2 Å². The fourth-order valence-electron chi connectivity index (χ4n) is 2.82. The largest absolute Gasteiger partial charge is 0.310 e. The second kappa shape index (κ2) is 5.58. The Hall–Kier alpha value is -0.960. The minimum absolute atomic E-state index is 0.0905. The summed E-state index contributed by atoms with van der Waals surface area (Å²) in [7, 11) is 0. The fraction of sp³-hybridized carbons (Fsp3) is 0.571. The van der Waals surface area contributed by atoms with Crippen molar-refractivity contribution in [1.29, 1.82) is 0 Å². The summed E-state index contributed by atoms with van der Waals surface area (Å²) in [6, 6.07) is 3.93. The Bertz CT molecular complexity index is 352. The van der Waals surface area contributed by atoms with Crippen molar-refractivity contribution in [2.24, 2.45) is 5.92 Å². The molecular formula is C14H19F2N. The van der Waals surface area contributed by atoms with Gasteiger partial charge in [-0.25, -0.2) is 8.78 Å². The van der Waals surface area contributed by atoms with Crippen LogP contribution in [0.5, 0.6) is 0 Å². The first-order chi connectivity index (χ1) is 8.20. The van der Waals surface area contributed by atoms with Gasteiger partial charge in [0.25, 0.3) is 0 Å². The highest BCUT2D eigenvalue weighted by molar-refractivity contribution is 5.22. The van der Waals surface area contributed by atoms with Gasteiger partial charge in [0.05, 0.1) is 0 Å². The number of rotatable bonds is 4. The van der Waals surface area contributed by atoms with Gasteiger partial charge < -0.3 is 5.32 Å². The molecule has 0 amide bonds. The van der Waals surface area contributed by atoms with Crippen molar-refractivity contribution in [2.75, 3.05) is 6.54 Å². The fourth-order valence-corrected chi connectivity index (χ4v) is 2.82. The van der Waals surface area contributed by atoms with E-state index < -0.39 is 11.6 Å². The summed E-state index contributed by atoms with van der Waals surface area (Å²) in [4.78, 5) is 0. The standard InChI is InChI=1S/C14H19F2N/c1-2-17-14(10-5-3-4-6-10)11-7-12(15)9-13(16)8-11/h7-10,14,17H,2-6H2,1H3. The highest BCUT2D eigenvalue weighted by Gasteiger charge is 2.26. The molecule has 0 aromatic heterocycles. The average Bonchev–Trinajstić information content (AvgIpc) is 2.77. The van der Waals surface area contributed by atoms with Crippen LogP contribution >= 0.6 is 0 Å². The first kappa shape index (κ1) is 12.5. The molecule has 17 heavy (non-hydrogen) atoms. The Morgan fingerprint density at radius 3 is 2.29 bits per heavy atom. The molecule has 0 radical (unpaired) electrons. The minimum Gasteiger partial charge on any atom is -0.310 e. The van der Waals surface area contributed by atoms with Gasteiger partial charge in [-0.2, -0.15) is 0 Å². The van der Waals surface area contributed by atoms with Crippen LogP contribution in [-0.4, -0.2) is 6.54 Å². The van der Waals surface area contributed by atoms with E-state index in [0.29, 0.717) is 5.92 Å². The van der Waals surface area contributed by atoms with Gasteiger partial charge in [-0.05, 0) is 43.0 Å². The maximum absolute atomic E-state index is 13.2. The van der Waals surface area contributed by atoms with Crippen LogP contribution < -0.4 is 5.32 Å². The van der Waals surface area contributed by atoms with Gasteiger partial charge in [-0.15, -0.1) is 0 Å². The summed E-state index contributed by atoms with van der Waals surface area (Å²) >= 11 is 0. The Balaban J connectivity index is 2.24. The number of hydrogen-bond donors (Lipinski definition) is 1. The Morgan fingerprint density at radius 1 is 1.18 bits per heavy atom. The van der Waals surface area contributed by atoms with E-state index in [1.54, 1.807) is 0 Å². The number of benzene rings is 1. The Morgan fingerprint density at radius 2 is 1.76 bits per heavy atom. The van der Waals surface area contributed by atoms with Gasteiger partial charge in [0.15, 0.2) is 0 Å². The lowest BCUT2D eigenvalue weighted by atomic mass is 9.91. The molecule has 1 N–H and O–H groups in total. The van der Waals surface area contributed by atoms with Crippen LogP contribution in [0, 0.1) is 17.6 Å². The molecule has 1 saturated carbocycles. The van der Waals surface area contributed by atoms with Crippen LogP contribution in [0.4, 0.5) is 8.78 Å². The lowest BCUT2D eigenvalue weighted by Crippen LogP contribution is -2.27. The van der Waals surface area contributed by atoms with E-state index in [1.165, 1.54) is 25.0 Å². The zero-order valence-electron chi connectivity index (χ0n) is 10.2. The summed E-state index contributed by atoms with van der Waals surface area (Å²) in [5, 5.41) is 3.36. The zero-order chi connectivity index (χ0) is 12.3. The molecule has 2 rings (SSSR count). The lowest BCUT2D eigenvalue weighted by Gasteiger charge is -2.24. The van der Waals surface area contributed by atoms with Crippen molar-refractivity contribution in [1.82, 2.24) is 5.32 Å². The normalized spacial score (nSPS) is 18.5. The summed E-state index contributed by atoms with van der Waals surface area (Å²) in [5.74, 6) is -0.460. The number of nitrogens with one attached hydrogen (secondary N) is 1. The molecule has 3 heteroatoms. The van der Waals surface area contributed by atoms with Crippen LogP contribution in [-0.2, 0) is 0 Å². The first-order valence-electron chi connectivity index (χ1n) is 6.40. The third-order valence-corrected chi connectivity index (χ3v) is 3.54. The lowest BCUT2D eigenvalue weighted by molar-refractivity contribution is 0.372. The molecule has 1 fully saturated rings. The number of halogens is 2. The predicted octanol–water partition coefficient (Wildman–Crippen LogP) is 3.81. The molecule has 1 aromatic rings. The van der Waals surface area contributed by atoms with E-state index in [9.17, 15) is 8.78 Å².